The van der Waals surface area contributed by atoms with Gasteiger partial charge in [0.25, 0.3) is 0 Å². The summed E-state index contributed by atoms with van der Waals surface area (Å²) in [5.41, 5.74) is 8.24. The highest BCUT2D eigenvalue weighted by Crippen LogP contribution is 2.22. The van der Waals surface area contributed by atoms with E-state index in [9.17, 15) is 0 Å². The lowest BCUT2D eigenvalue weighted by Gasteiger charge is -1.98. The van der Waals surface area contributed by atoms with Crippen LogP contribution in [-0.2, 0) is 5.75 Å². The average molecular weight is 224 g/mol. The Labute approximate surface area is 89.6 Å². The van der Waals surface area contributed by atoms with Crippen LogP contribution < -0.4 is 5.73 Å². The summed E-state index contributed by atoms with van der Waals surface area (Å²) in [6.07, 6.45) is 0. The first kappa shape index (κ1) is 9.42. The van der Waals surface area contributed by atoms with Crippen LogP contribution in [0.1, 0.15) is 5.69 Å². The van der Waals surface area contributed by atoms with Gasteiger partial charge in [0, 0.05) is 5.75 Å². The van der Waals surface area contributed by atoms with Crippen molar-refractivity contribution in [2.75, 3.05) is 5.73 Å². The third-order valence-corrected chi connectivity index (χ3v) is 3.41. The Hall–Kier alpha value is -1.14. The molecule has 6 heteroatoms. The molecule has 0 saturated heterocycles. The smallest absolute Gasteiger partial charge is 0.174 e. The van der Waals surface area contributed by atoms with E-state index in [1.807, 2.05) is 12.1 Å². The lowest BCUT2D eigenvalue weighted by atomic mass is 10.4. The first-order valence-corrected chi connectivity index (χ1v) is 5.81. The Bertz CT molecular complexity index is 401. The van der Waals surface area contributed by atoms with Crippen molar-refractivity contribution < 1.29 is 0 Å². The van der Waals surface area contributed by atoms with Gasteiger partial charge in [0.1, 0.15) is 11.3 Å². The standard InChI is InChI=1S/C8H8N4S2/c9-7-3-1-2-6(11-7)4-13-8-12-10-5-14-8/h1-3,5H,4H2,(H2,9,11). The molecule has 2 heterocycles. The minimum absolute atomic E-state index is 0.556. The fourth-order valence-electron chi connectivity index (χ4n) is 0.940. The van der Waals surface area contributed by atoms with E-state index >= 15 is 0 Å². The van der Waals surface area contributed by atoms with Crippen LogP contribution in [0, 0.1) is 0 Å². The predicted molar refractivity (Wildman–Crippen MR) is 58.1 cm³/mol. The molecule has 0 amide bonds. The van der Waals surface area contributed by atoms with E-state index in [1.54, 1.807) is 23.3 Å². The van der Waals surface area contributed by atoms with Crippen LogP contribution in [0.15, 0.2) is 28.0 Å². The summed E-state index contributed by atoms with van der Waals surface area (Å²) in [6.45, 7) is 0. The number of thioether (sulfide) groups is 1. The first-order chi connectivity index (χ1) is 6.84. The minimum Gasteiger partial charge on any atom is -0.384 e. The maximum atomic E-state index is 5.56. The molecule has 0 aliphatic rings. The van der Waals surface area contributed by atoms with Crippen LogP contribution in [0.5, 0.6) is 0 Å². The van der Waals surface area contributed by atoms with Gasteiger partial charge in [-0.3, -0.25) is 0 Å². The number of nitrogens with zero attached hydrogens (tertiary/aromatic N) is 3. The lowest BCUT2D eigenvalue weighted by Crippen LogP contribution is -1.93. The minimum atomic E-state index is 0.556. The Morgan fingerprint density at radius 1 is 1.43 bits per heavy atom. The summed E-state index contributed by atoms with van der Waals surface area (Å²) in [6, 6.07) is 5.63. The van der Waals surface area contributed by atoms with Gasteiger partial charge in [0.15, 0.2) is 4.34 Å². The Morgan fingerprint density at radius 2 is 2.36 bits per heavy atom. The predicted octanol–water partition coefficient (Wildman–Crippen LogP) is 1.81. The van der Waals surface area contributed by atoms with Gasteiger partial charge in [-0.1, -0.05) is 29.2 Å². The molecule has 0 aromatic carbocycles. The average Bonchev–Trinajstić information content (AvgIpc) is 2.67. The number of rotatable bonds is 3. The van der Waals surface area contributed by atoms with Crippen LogP contribution in [-0.4, -0.2) is 15.2 Å². The van der Waals surface area contributed by atoms with E-state index in [2.05, 4.69) is 15.2 Å². The maximum absolute atomic E-state index is 5.56. The van der Waals surface area contributed by atoms with Gasteiger partial charge in [-0.15, -0.1) is 10.2 Å². The van der Waals surface area contributed by atoms with E-state index in [1.165, 1.54) is 11.3 Å². The molecule has 0 bridgehead atoms. The molecule has 0 aliphatic carbocycles. The zero-order chi connectivity index (χ0) is 9.80. The van der Waals surface area contributed by atoms with Gasteiger partial charge in [0.05, 0.1) is 5.69 Å². The SMILES string of the molecule is Nc1cccc(CSc2nncs2)n1. The molecule has 2 aromatic heterocycles. The molecular formula is C8H8N4S2. The molecule has 0 radical (unpaired) electrons. The second-order valence-corrected chi connectivity index (χ2v) is 4.60. The quantitative estimate of drug-likeness (QED) is 0.805. The second-order valence-electron chi connectivity index (χ2n) is 2.55. The molecule has 72 valence electrons. The molecular weight excluding hydrogens is 216 g/mol. The topological polar surface area (TPSA) is 64.7 Å². The number of hydrogen-bond donors (Lipinski definition) is 1. The van der Waals surface area contributed by atoms with E-state index in [0.29, 0.717) is 5.82 Å². The molecule has 0 unspecified atom stereocenters. The Balaban J connectivity index is 1.98. The van der Waals surface area contributed by atoms with Gasteiger partial charge < -0.3 is 5.73 Å². The highest BCUT2D eigenvalue weighted by molar-refractivity contribution is 8.00. The van der Waals surface area contributed by atoms with Crippen LogP contribution >= 0.6 is 23.1 Å². The zero-order valence-electron chi connectivity index (χ0n) is 7.25. The summed E-state index contributed by atoms with van der Waals surface area (Å²) in [5, 5.41) is 7.68. The summed E-state index contributed by atoms with van der Waals surface area (Å²) in [4.78, 5) is 4.19. The zero-order valence-corrected chi connectivity index (χ0v) is 8.88. The van der Waals surface area contributed by atoms with Gasteiger partial charge in [-0.25, -0.2) is 4.98 Å². The number of pyridine rings is 1. The van der Waals surface area contributed by atoms with E-state index in [4.69, 9.17) is 5.73 Å². The van der Waals surface area contributed by atoms with Crippen LogP contribution in [0.2, 0.25) is 0 Å². The van der Waals surface area contributed by atoms with Crippen molar-refractivity contribution in [1.29, 1.82) is 0 Å². The highest BCUT2D eigenvalue weighted by Gasteiger charge is 2.00. The molecule has 0 spiro atoms. The fourth-order valence-corrected chi connectivity index (χ4v) is 2.33. The molecule has 0 aliphatic heterocycles. The molecule has 2 N–H and O–H groups in total. The van der Waals surface area contributed by atoms with Crippen LogP contribution in [0.3, 0.4) is 0 Å². The van der Waals surface area contributed by atoms with Crippen molar-refractivity contribution in [3.05, 3.63) is 29.4 Å². The molecule has 0 atom stereocenters. The highest BCUT2D eigenvalue weighted by atomic mass is 32.2. The number of nitrogen functional groups attached to an aromatic ring is 1. The van der Waals surface area contributed by atoms with Gasteiger partial charge in [0.2, 0.25) is 0 Å². The number of anilines is 1. The molecule has 0 fully saturated rings. The molecule has 2 rings (SSSR count). The van der Waals surface area contributed by atoms with Crippen LogP contribution in [0.25, 0.3) is 0 Å². The Morgan fingerprint density at radius 3 is 3.07 bits per heavy atom. The van der Waals surface area contributed by atoms with E-state index < -0.39 is 0 Å². The van der Waals surface area contributed by atoms with Gasteiger partial charge in [-0.05, 0) is 12.1 Å². The lowest BCUT2D eigenvalue weighted by molar-refractivity contribution is 1.01. The molecule has 0 saturated carbocycles. The summed E-state index contributed by atoms with van der Waals surface area (Å²) in [7, 11) is 0. The van der Waals surface area contributed by atoms with Crippen molar-refractivity contribution in [3.8, 4) is 0 Å². The fraction of sp³-hybridized carbons (Fsp3) is 0.125. The summed E-state index contributed by atoms with van der Waals surface area (Å²) in [5.74, 6) is 1.33. The third-order valence-electron chi connectivity index (χ3n) is 1.51. The normalized spacial score (nSPS) is 10.3. The first-order valence-electron chi connectivity index (χ1n) is 3.95. The van der Waals surface area contributed by atoms with Gasteiger partial charge in [-0.2, -0.15) is 0 Å². The van der Waals surface area contributed by atoms with Gasteiger partial charge >= 0.3 is 0 Å². The number of nitrogens with two attached hydrogens (primary N) is 1. The maximum Gasteiger partial charge on any atom is 0.174 e. The molecule has 2 aromatic rings. The number of hydrogen-bond acceptors (Lipinski definition) is 6. The molecule has 4 nitrogen and oxygen atoms in total. The van der Waals surface area contributed by atoms with Crippen molar-refractivity contribution in [1.82, 2.24) is 15.2 Å². The molecule has 14 heavy (non-hydrogen) atoms. The van der Waals surface area contributed by atoms with Crippen molar-refractivity contribution in [2.24, 2.45) is 0 Å². The largest absolute Gasteiger partial charge is 0.384 e. The van der Waals surface area contributed by atoms with E-state index in [0.717, 1.165) is 15.8 Å². The van der Waals surface area contributed by atoms with Crippen molar-refractivity contribution in [3.63, 3.8) is 0 Å². The second kappa shape index (κ2) is 4.39. The summed E-state index contributed by atoms with van der Waals surface area (Å²) < 4.78 is 0.953. The third kappa shape index (κ3) is 2.43. The monoisotopic (exact) mass is 224 g/mol. The van der Waals surface area contributed by atoms with Crippen LogP contribution in [0.4, 0.5) is 5.82 Å². The van der Waals surface area contributed by atoms with Crippen molar-refractivity contribution in [2.45, 2.75) is 10.1 Å². The van der Waals surface area contributed by atoms with Crippen molar-refractivity contribution >= 4 is 28.9 Å². The van der Waals surface area contributed by atoms with E-state index in [-0.39, 0.29) is 0 Å². The number of aromatic nitrogens is 3. The summed E-state index contributed by atoms with van der Waals surface area (Å²) >= 11 is 3.14. The Kier molecular flexibility index (Phi) is 2.95.